The molecular weight excluding hydrogens is 194 g/mol. The molecule has 0 atom stereocenters. The molecule has 98 valence electrons. The standard InChI is InChI=1S/C12H25N.C3H8/c1-10(2)11-8-12(3,9-11)6-7-13(4)5;1-3-2/h10-11H,6-9H2,1-5H3;3H2,1-2H3. The van der Waals surface area contributed by atoms with Gasteiger partial charge >= 0.3 is 0 Å². The summed E-state index contributed by atoms with van der Waals surface area (Å²) in [6.45, 7) is 12.7. The van der Waals surface area contributed by atoms with Crippen molar-refractivity contribution in [1.29, 1.82) is 0 Å². The quantitative estimate of drug-likeness (QED) is 0.687. The second-order valence-corrected chi connectivity index (χ2v) is 6.48. The maximum atomic E-state index is 2.45. The summed E-state index contributed by atoms with van der Waals surface area (Å²) in [5, 5.41) is 0. The molecule has 0 unspecified atom stereocenters. The topological polar surface area (TPSA) is 3.24 Å². The van der Waals surface area contributed by atoms with E-state index in [0.29, 0.717) is 5.41 Å². The van der Waals surface area contributed by atoms with Crippen LogP contribution < -0.4 is 0 Å². The SMILES string of the molecule is CC(C)C1CC(C)(CCN(C)C)C1.CCC. The lowest BCUT2D eigenvalue weighted by molar-refractivity contribution is 0.0292. The minimum absolute atomic E-state index is 0.666. The summed E-state index contributed by atoms with van der Waals surface area (Å²) >= 11 is 0. The van der Waals surface area contributed by atoms with Gasteiger partial charge in [-0.15, -0.1) is 0 Å². The second kappa shape index (κ2) is 7.32. The molecular formula is C15H33N. The molecule has 0 amide bonds. The van der Waals surface area contributed by atoms with E-state index in [9.17, 15) is 0 Å². The van der Waals surface area contributed by atoms with Gasteiger partial charge < -0.3 is 4.90 Å². The van der Waals surface area contributed by atoms with E-state index in [-0.39, 0.29) is 0 Å². The molecule has 0 heterocycles. The summed E-state index contributed by atoms with van der Waals surface area (Å²) in [5.74, 6) is 1.90. The van der Waals surface area contributed by atoms with Crippen molar-refractivity contribution in [3.05, 3.63) is 0 Å². The van der Waals surface area contributed by atoms with Crippen LogP contribution in [0.4, 0.5) is 0 Å². The molecule has 0 aromatic carbocycles. The highest BCUT2D eigenvalue weighted by Crippen LogP contribution is 2.50. The van der Waals surface area contributed by atoms with E-state index in [1.807, 2.05) is 0 Å². The molecule has 1 rings (SSSR count). The Bertz CT molecular complexity index is 161. The van der Waals surface area contributed by atoms with Crippen molar-refractivity contribution in [2.75, 3.05) is 20.6 Å². The first-order valence-corrected chi connectivity index (χ1v) is 6.99. The molecule has 1 nitrogen and oxygen atoms in total. The lowest BCUT2D eigenvalue weighted by atomic mass is 9.58. The van der Waals surface area contributed by atoms with E-state index < -0.39 is 0 Å². The van der Waals surface area contributed by atoms with Crippen LogP contribution in [0.15, 0.2) is 0 Å². The first-order chi connectivity index (χ1) is 7.34. The van der Waals surface area contributed by atoms with E-state index in [4.69, 9.17) is 0 Å². The molecule has 1 aliphatic carbocycles. The van der Waals surface area contributed by atoms with Gasteiger partial charge in [0.25, 0.3) is 0 Å². The number of hydrogen-bond donors (Lipinski definition) is 0. The normalized spacial score (nSPS) is 28.7. The van der Waals surface area contributed by atoms with Gasteiger partial charge in [-0.3, -0.25) is 0 Å². The molecule has 1 aliphatic rings. The van der Waals surface area contributed by atoms with Crippen LogP contribution in [0.25, 0.3) is 0 Å². The third kappa shape index (κ3) is 5.89. The van der Waals surface area contributed by atoms with Crippen LogP contribution in [-0.2, 0) is 0 Å². The molecule has 0 aromatic heterocycles. The molecule has 0 radical (unpaired) electrons. The Hall–Kier alpha value is -0.0400. The van der Waals surface area contributed by atoms with Gasteiger partial charge in [0.2, 0.25) is 0 Å². The average molecular weight is 227 g/mol. The predicted octanol–water partition coefficient (Wildman–Crippen LogP) is 4.43. The van der Waals surface area contributed by atoms with Crippen LogP contribution in [0, 0.1) is 17.3 Å². The van der Waals surface area contributed by atoms with Gasteiger partial charge in [-0.25, -0.2) is 0 Å². The highest BCUT2D eigenvalue weighted by Gasteiger charge is 2.40. The first-order valence-electron chi connectivity index (χ1n) is 6.99. The van der Waals surface area contributed by atoms with Crippen LogP contribution >= 0.6 is 0 Å². The molecule has 0 aliphatic heterocycles. The van der Waals surface area contributed by atoms with Crippen molar-refractivity contribution < 1.29 is 0 Å². The fourth-order valence-electron chi connectivity index (χ4n) is 2.38. The molecule has 0 spiro atoms. The van der Waals surface area contributed by atoms with E-state index in [2.05, 4.69) is 53.6 Å². The summed E-state index contributed by atoms with van der Waals surface area (Å²) in [4.78, 5) is 2.30. The van der Waals surface area contributed by atoms with Crippen molar-refractivity contribution in [2.45, 2.75) is 60.3 Å². The minimum atomic E-state index is 0.666. The zero-order valence-electron chi connectivity index (χ0n) is 12.6. The van der Waals surface area contributed by atoms with Crippen LogP contribution in [0.1, 0.15) is 60.3 Å². The third-order valence-electron chi connectivity index (χ3n) is 3.62. The van der Waals surface area contributed by atoms with E-state index in [1.165, 1.54) is 32.2 Å². The molecule has 1 saturated carbocycles. The lowest BCUT2D eigenvalue weighted by Gasteiger charge is -2.48. The van der Waals surface area contributed by atoms with Crippen LogP contribution in [-0.4, -0.2) is 25.5 Å². The zero-order valence-corrected chi connectivity index (χ0v) is 12.6. The molecule has 0 bridgehead atoms. The summed E-state index contributed by atoms with van der Waals surface area (Å²) in [5.41, 5.74) is 0.666. The predicted molar refractivity (Wildman–Crippen MR) is 74.8 cm³/mol. The zero-order chi connectivity index (χ0) is 12.8. The molecule has 0 aromatic rings. The van der Waals surface area contributed by atoms with Gasteiger partial charge in [0, 0.05) is 0 Å². The Labute approximate surface area is 104 Å². The van der Waals surface area contributed by atoms with E-state index >= 15 is 0 Å². The number of hydrogen-bond acceptors (Lipinski definition) is 1. The summed E-state index contributed by atoms with van der Waals surface area (Å²) in [7, 11) is 4.34. The lowest BCUT2D eigenvalue weighted by Crippen LogP contribution is -2.39. The Morgan fingerprint density at radius 1 is 1.19 bits per heavy atom. The Balaban J connectivity index is 0.000000673. The van der Waals surface area contributed by atoms with E-state index in [0.717, 1.165) is 11.8 Å². The van der Waals surface area contributed by atoms with Crippen LogP contribution in [0.3, 0.4) is 0 Å². The van der Waals surface area contributed by atoms with Gasteiger partial charge in [-0.2, -0.15) is 0 Å². The molecule has 0 saturated heterocycles. The van der Waals surface area contributed by atoms with Gasteiger partial charge in [0.1, 0.15) is 0 Å². The maximum Gasteiger partial charge on any atom is -0.00196 e. The molecule has 1 fully saturated rings. The third-order valence-corrected chi connectivity index (χ3v) is 3.62. The summed E-state index contributed by atoms with van der Waals surface area (Å²) < 4.78 is 0. The minimum Gasteiger partial charge on any atom is -0.309 e. The maximum absolute atomic E-state index is 2.45. The average Bonchev–Trinajstić information content (AvgIpc) is 2.11. The smallest absolute Gasteiger partial charge is 0.00196 e. The van der Waals surface area contributed by atoms with Gasteiger partial charge in [0.05, 0.1) is 0 Å². The number of rotatable bonds is 4. The van der Waals surface area contributed by atoms with Crippen molar-refractivity contribution in [3.63, 3.8) is 0 Å². The summed E-state index contributed by atoms with van der Waals surface area (Å²) in [6.07, 6.45) is 5.54. The summed E-state index contributed by atoms with van der Waals surface area (Å²) in [6, 6.07) is 0. The largest absolute Gasteiger partial charge is 0.309 e. The fourth-order valence-corrected chi connectivity index (χ4v) is 2.38. The van der Waals surface area contributed by atoms with Crippen molar-refractivity contribution in [3.8, 4) is 0 Å². The Morgan fingerprint density at radius 2 is 1.62 bits per heavy atom. The van der Waals surface area contributed by atoms with Gasteiger partial charge in [-0.05, 0) is 57.2 Å². The van der Waals surface area contributed by atoms with Crippen molar-refractivity contribution in [2.24, 2.45) is 17.3 Å². The fraction of sp³-hybridized carbons (Fsp3) is 1.00. The molecule has 1 heteroatoms. The first kappa shape index (κ1) is 16.0. The monoisotopic (exact) mass is 227 g/mol. The van der Waals surface area contributed by atoms with E-state index in [1.54, 1.807) is 0 Å². The van der Waals surface area contributed by atoms with Crippen LogP contribution in [0.5, 0.6) is 0 Å². The second-order valence-electron chi connectivity index (χ2n) is 6.48. The molecule has 0 N–H and O–H groups in total. The highest BCUT2D eigenvalue weighted by molar-refractivity contribution is 4.91. The van der Waals surface area contributed by atoms with Crippen molar-refractivity contribution >= 4 is 0 Å². The Morgan fingerprint density at radius 3 is 1.94 bits per heavy atom. The van der Waals surface area contributed by atoms with Gasteiger partial charge in [0.15, 0.2) is 0 Å². The van der Waals surface area contributed by atoms with Crippen molar-refractivity contribution in [1.82, 2.24) is 4.90 Å². The van der Waals surface area contributed by atoms with Gasteiger partial charge in [-0.1, -0.05) is 41.0 Å². The Kier molecular flexibility index (Phi) is 7.30. The highest BCUT2D eigenvalue weighted by atomic mass is 15.0. The van der Waals surface area contributed by atoms with Crippen LogP contribution in [0.2, 0.25) is 0 Å². The molecule has 16 heavy (non-hydrogen) atoms. The number of nitrogens with zero attached hydrogens (tertiary/aromatic N) is 1.